The smallest absolute Gasteiger partial charge is 0.376 e. The average Bonchev–Trinajstić information content (AvgIpc) is 2.78. The topological polar surface area (TPSA) is 20.2 Å². The van der Waals surface area contributed by atoms with Crippen molar-refractivity contribution in [3.8, 4) is 0 Å². The molecule has 0 atom stereocenters. The van der Waals surface area contributed by atoms with E-state index in [0.29, 0.717) is 5.56 Å². The second kappa shape index (κ2) is 5.99. The van der Waals surface area contributed by atoms with Gasteiger partial charge in [0.25, 0.3) is 0 Å². The Hall–Kier alpha value is -2.59. The highest BCUT2D eigenvalue weighted by atomic mass is 19.4. The number of fused-ring (bicyclic) bond motifs is 2. The fourth-order valence-electron chi connectivity index (χ4n) is 3.81. The van der Waals surface area contributed by atoms with Gasteiger partial charge in [-0.3, -0.25) is 0 Å². The molecule has 1 nitrogen and oxygen atoms in total. The maximum atomic E-state index is 12.9. The normalized spacial score (nSPS) is 15.7. The highest BCUT2D eigenvalue weighted by molar-refractivity contribution is 5.54. The number of hydrogen-bond acceptors (Lipinski definition) is 1. The monoisotopic (exact) mass is 354 g/mol. The highest BCUT2D eigenvalue weighted by Crippen LogP contribution is 2.43. The number of alkyl halides is 3. The summed E-state index contributed by atoms with van der Waals surface area (Å²) in [5, 5.41) is 11.8. The van der Waals surface area contributed by atoms with E-state index < -0.39 is 17.3 Å². The molecule has 3 aromatic carbocycles. The van der Waals surface area contributed by atoms with Gasteiger partial charge in [0, 0.05) is 0 Å². The van der Waals surface area contributed by atoms with E-state index in [9.17, 15) is 18.3 Å². The number of hydrogen-bond donors (Lipinski definition) is 1. The van der Waals surface area contributed by atoms with Crippen LogP contribution < -0.4 is 0 Å². The Morgan fingerprint density at radius 1 is 0.692 bits per heavy atom. The summed E-state index contributed by atoms with van der Waals surface area (Å²) in [6, 6.07) is 20.0. The highest BCUT2D eigenvalue weighted by Gasteiger charge is 2.39. The fourth-order valence-corrected chi connectivity index (χ4v) is 3.81. The molecule has 26 heavy (non-hydrogen) atoms. The standard InChI is InChI=1S/C22H17F3O/c23-22(24,25)18-13-11-17(12-14-18)21(26)19-7-3-1-5-15(19)9-10-16-6-2-4-8-20(16)21/h1-8,11-14,26H,9-10H2. The maximum Gasteiger partial charge on any atom is 0.416 e. The van der Waals surface area contributed by atoms with Crippen LogP contribution in [0.3, 0.4) is 0 Å². The van der Waals surface area contributed by atoms with Crippen molar-refractivity contribution >= 4 is 0 Å². The zero-order valence-electron chi connectivity index (χ0n) is 13.9. The summed E-state index contributed by atoms with van der Waals surface area (Å²) < 4.78 is 38.8. The molecule has 0 amide bonds. The third-order valence-electron chi connectivity index (χ3n) is 5.11. The van der Waals surface area contributed by atoms with Crippen LogP contribution in [-0.2, 0) is 24.6 Å². The van der Waals surface area contributed by atoms with Crippen molar-refractivity contribution in [2.24, 2.45) is 0 Å². The minimum atomic E-state index is -4.40. The molecule has 0 heterocycles. The van der Waals surface area contributed by atoms with Crippen LogP contribution in [-0.4, -0.2) is 5.11 Å². The predicted molar refractivity (Wildman–Crippen MR) is 93.8 cm³/mol. The van der Waals surface area contributed by atoms with Gasteiger partial charge in [0.2, 0.25) is 0 Å². The summed E-state index contributed by atoms with van der Waals surface area (Å²) in [4.78, 5) is 0. The van der Waals surface area contributed by atoms with Crippen molar-refractivity contribution in [3.05, 3.63) is 106 Å². The minimum absolute atomic E-state index is 0.437. The summed E-state index contributed by atoms with van der Waals surface area (Å²) in [5.41, 5.74) is 1.70. The number of aryl methyl sites for hydroxylation is 2. The van der Waals surface area contributed by atoms with Crippen LogP contribution in [0.1, 0.15) is 33.4 Å². The van der Waals surface area contributed by atoms with Crippen LogP contribution in [0.5, 0.6) is 0 Å². The first-order chi connectivity index (χ1) is 12.4. The molecule has 0 spiro atoms. The van der Waals surface area contributed by atoms with Gasteiger partial charge in [0.1, 0.15) is 5.60 Å². The van der Waals surface area contributed by atoms with Crippen molar-refractivity contribution in [1.29, 1.82) is 0 Å². The molecular formula is C22H17F3O. The van der Waals surface area contributed by atoms with Gasteiger partial charge in [-0.05, 0) is 52.8 Å². The van der Waals surface area contributed by atoms with Crippen LogP contribution >= 0.6 is 0 Å². The Labute approximate surface area is 149 Å². The Balaban J connectivity index is 1.96. The predicted octanol–water partition coefficient (Wildman–Crippen LogP) is 5.09. The Bertz CT molecular complexity index is 895. The second-order valence-electron chi connectivity index (χ2n) is 6.60. The van der Waals surface area contributed by atoms with E-state index in [1.165, 1.54) is 12.1 Å². The van der Waals surface area contributed by atoms with E-state index in [1.54, 1.807) is 0 Å². The summed E-state index contributed by atoms with van der Waals surface area (Å²) in [6.45, 7) is 0. The molecule has 0 saturated heterocycles. The largest absolute Gasteiger partial charge is 0.416 e. The lowest BCUT2D eigenvalue weighted by molar-refractivity contribution is -0.137. The van der Waals surface area contributed by atoms with Gasteiger partial charge in [0.05, 0.1) is 5.56 Å². The molecule has 0 bridgehead atoms. The SMILES string of the molecule is OC1(c2ccc(C(F)(F)F)cc2)c2ccccc2CCc2ccccc21. The maximum absolute atomic E-state index is 12.9. The average molecular weight is 354 g/mol. The molecule has 0 aromatic heterocycles. The van der Waals surface area contributed by atoms with Gasteiger partial charge >= 0.3 is 6.18 Å². The van der Waals surface area contributed by atoms with Crippen molar-refractivity contribution in [2.45, 2.75) is 24.6 Å². The molecule has 4 heteroatoms. The first-order valence-corrected chi connectivity index (χ1v) is 8.47. The molecule has 0 saturated carbocycles. The Morgan fingerprint density at radius 3 is 1.62 bits per heavy atom. The molecule has 3 aromatic rings. The molecule has 1 N–H and O–H groups in total. The van der Waals surface area contributed by atoms with Gasteiger partial charge in [0.15, 0.2) is 0 Å². The van der Waals surface area contributed by atoms with Crippen LogP contribution in [0.25, 0.3) is 0 Å². The van der Waals surface area contributed by atoms with Crippen molar-refractivity contribution in [1.82, 2.24) is 0 Å². The van der Waals surface area contributed by atoms with E-state index in [1.807, 2.05) is 48.5 Å². The van der Waals surface area contributed by atoms with Gasteiger partial charge in [-0.1, -0.05) is 60.7 Å². The summed E-state index contributed by atoms with van der Waals surface area (Å²) in [7, 11) is 0. The first kappa shape index (κ1) is 16.9. The molecule has 132 valence electrons. The summed E-state index contributed by atoms with van der Waals surface area (Å²) >= 11 is 0. The van der Waals surface area contributed by atoms with E-state index >= 15 is 0 Å². The third kappa shape index (κ3) is 2.61. The number of aliphatic hydroxyl groups is 1. The van der Waals surface area contributed by atoms with Crippen LogP contribution in [0, 0.1) is 0 Å². The van der Waals surface area contributed by atoms with E-state index in [-0.39, 0.29) is 0 Å². The second-order valence-corrected chi connectivity index (χ2v) is 6.60. The quantitative estimate of drug-likeness (QED) is 0.645. The molecule has 1 aliphatic rings. The summed E-state index contributed by atoms with van der Waals surface area (Å²) in [6.07, 6.45) is -2.85. The Morgan fingerprint density at radius 2 is 1.15 bits per heavy atom. The molecule has 0 aliphatic heterocycles. The fraction of sp³-hybridized carbons (Fsp3) is 0.182. The molecule has 0 unspecified atom stereocenters. The third-order valence-corrected chi connectivity index (χ3v) is 5.11. The van der Waals surface area contributed by atoms with Gasteiger partial charge < -0.3 is 5.11 Å². The molecule has 4 rings (SSSR count). The van der Waals surface area contributed by atoms with Crippen LogP contribution in [0.2, 0.25) is 0 Å². The van der Waals surface area contributed by atoms with Crippen molar-refractivity contribution in [3.63, 3.8) is 0 Å². The van der Waals surface area contributed by atoms with E-state index in [4.69, 9.17) is 0 Å². The Kier molecular flexibility index (Phi) is 3.88. The molecule has 0 fully saturated rings. The van der Waals surface area contributed by atoms with Crippen LogP contribution in [0.4, 0.5) is 13.2 Å². The zero-order valence-corrected chi connectivity index (χ0v) is 13.9. The molecular weight excluding hydrogens is 337 g/mol. The van der Waals surface area contributed by atoms with Gasteiger partial charge in [-0.25, -0.2) is 0 Å². The van der Waals surface area contributed by atoms with E-state index in [2.05, 4.69) is 0 Å². The lowest BCUT2D eigenvalue weighted by Crippen LogP contribution is -2.30. The summed E-state index contributed by atoms with van der Waals surface area (Å²) in [5.74, 6) is 0. The van der Waals surface area contributed by atoms with Gasteiger partial charge in [-0.2, -0.15) is 13.2 Å². The zero-order chi connectivity index (χ0) is 18.4. The molecule has 0 radical (unpaired) electrons. The lowest BCUT2D eigenvalue weighted by atomic mass is 9.78. The number of rotatable bonds is 1. The minimum Gasteiger partial charge on any atom is -0.376 e. The lowest BCUT2D eigenvalue weighted by Gasteiger charge is -2.32. The number of benzene rings is 3. The number of halogens is 3. The van der Waals surface area contributed by atoms with Crippen molar-refractivity contribution < 1.29 is 18.3 Å². The van der Waals surface area contributed by atoms with Crippen LogP contribution in [0.15, 0.2) is 72.8 Å². The first-order valence-electron chi connectivity index (χ1n) is 8.47. The molecule has 1 aliphatic carbocycles. The van der Waals surface area contributed by atoms with E-state index in [0.717, 1.165) is 47.2 Å². The van der Waals surface area contributed by atoms with Gasteiger partial charge in [-0.15, -0.1) is 0 Å². The van der Waals surface area contributed by atoms with Crippen molar-refractivity contribution in [2.75, 3.05) is 0 Å².